The summed E-state index contributed by atoms with van der Waals surface area (Å²) in [7, 11) is 1.63. The van der Waals surface area contributed by atoms with E-state index in [-0.39, 0.29) is 0 Å². The molecule has 2 aromatic rings. The molecule has 0 N–H and O–H groups in total. The molecule has 0 aliphatic heterocycles. The highest BCUT2D eigenvalue weighted by molar-refractivity contribution is 6.33. The lowest BCUT2D eigenvalue weighted by molar-refractivity contribution is 0.112. The molecule has 0 fully saturated rings. The van der Waals surface area contributed by atoms with Gasteiger partial charge in [0, 0.05) is 16.1 Å². The Labute approximate surface area is 105 Å². The summed E-state index contributed by atoms with van der Waals surface area (Å²) in [6, 6.07) is 12.9. The Bertz CT molecular complexity index is 532. The highest BCUT2D eigenvalue weighted by Crippen LogP contribution is 2.29. The summed E-state index contributed by atoms with van der Waals surface area (Å²) in [5, 5.41) is 0.569. The Morgan fingerprint density at radius 3 is 2.35 bits per heavy atom. The van der Waals surface area contributed by atoms with Crippen molar-refractivity contribution in [3.8, 4) is 16.9 Å². The zero-order valence-electron chi connectivity index (χ0n) is 9.31. The molecule has 0 aliphatic carbocycles. The fourth-order valence-electron chi connectivity index (χ4n) is 1.61. The van der Waals surface area contributed by atoms with Crippen molar-refractivity contribution in [2.45, 2.75) is 0 Å². The van der Waals surface area contributed by atoms with Crippen LogP contribution in [0.3, 0.4) is 0 Å². The fourth-order valence-corrected chi connectivity index (χ4v) is 1.91. The first-order chi connectivity index (χ1) is 8.24. The summed E-state index contributed by atoms with van der Waals surface area (Å²) in [4.78, 5) is 10.6. The molecule has 0 atom stereocenters. The molecule has 2 rings (SSSR count). The van der Waals surface area contributed by atoms with Gasteiger partial charge < -0.3 is 4.74 Å². The number of methoxy groups -OCH3 is 1. The van der Waals surface area contributed by atoms with Crippen molar-refractivity contribution < 1.29 is 9.53 Å². The van der Waals surface area contributed by atoms with Crippen molar-refractivity contribution in [1.29, 1.82) is 0 Å². The Morgan fingerprint density at radius 2 is 1.82 bits per heavy atom. The van der Waals surface area contributed by atoms with Gasteiger partial charge in [0.1, 0.15) is 12.0 Å². The second kappa shape index (κ2) is 5.02. The predicted molar refractivity (Wildman–Crippen MR) is 68.8 cm³/mol. The molecule has 3 heteroatoms. The third kappa shape index (κ3) is 2.48. The molecule has 0 saturated heterocycles. The lowest BCUT2D eigenvalue weighted by atomic mass is 10.0. The van der Waals surface area contributed by atoms with E-state index in [1.807, 2.05) is 30.3 Å². The van der Waals surface area contributed by atoms with Crippen LogP contribution in [0.2, 0.25) is 5.02 Å². The number of benzene rings is 2. The predicted octanol–water partition coefficient (Wildman–Crippen LogP) is 3.83. The van der Waals surface area contributed by atoms with Crippen LogP contribution in [0.25, 0.3) is 11.1 Å². The van der Waals surface area contributed by atoms with Crippen LogP contribution in [-0.4, -0.2) is 13.4 Å². The van der Waals surface area contributed by atoms with Crippen molar-refractivity contribution in [1.82, 2.24) is 0 Å². The van der Waals surface area contributed by atoms with Gasteiger partial charge in [-0.3, -0.25) is 4.79 Å². The van der Waals surface area contributed by atoms with Crippen LogP contribution >= 0.6 is 11.6 Å². The molecular formula is C14H11ClO2. The topological polar surface area (TPSA) is 26.3 Å². The Hall–Kier alpha value is -1.80. The van der Waals surface area contributed by atoms with Gasteiger partial charge in [-0.1, -0.05) is 35.9 Å². The average molecular weight is 247 g/mol. The van der Waals surface area contributed by atoms with Crippen LogP contribution < -0.4 is 4.74 Å². The molecule has 0 amide bonds. The first-order valence-electron chi connectivity index (χ1n) is 5.14. The number of carbonyl (C=O) groups is 1. The Balaban J connectivity index is 2.41. The van der Waals surface area contributed by atoms with Crippen molar-refractivity contribution in [2.24, 2.45) is 0 Å². The van der Waals surface area contributed by atoms with Crippen molar-refractivity contribution in [3.05, 3.63) is 53.1 Å². The molecule has 0 bridgehead atoms. The van der Waals surface area contributed by atoms with Gasteiger partial charge in [-0.05, 0) is 23.8 Å². The summed E-state index contributed by atoms with van der Waals surface area (Å²) in [6.45, 7) is 0. The number of hydrogen-bond donors (Lipinski definition) is 0. The maximum atomic E-state index is 10.6. The molecule has 2 nitrogen and oxygen atoms in total. The van der Waals surface area contributed by atoms with Gasteiger partial charge in [-0.15, -0.1) is 0 Å². The van der Waals surface area contributed by atoms with Crippen molar-refractivity contribution in [2.75, 3.05) is 7.11 Å². The van der Waals surface area contributed by atoms with E-state index < -0.39 is 0 Å². The lowest BCUT2D eigenvalue weighted by Crippen LogP contribution is -1.85. The van der Waals surface area contributed by atoms with Crippen LogP contribution in [0, 0.1) is 0 Å². The largest absolute Gasteiger partial charge is 0.497 e. The molecule has 0 saturated carbocycles. The zero-order valence-corrected chi connectivity index (χ0v) is 10.1. The molecule has 0 aliphatic rings. The summed E-state index contributed by atoms with van der Waals surface area (Å²) >= 11 is 6.13. The summed E-state index contributed by atoms with van der Waals surface area (Å²) < 4.78 is 5.09. The lowest BCUT2D eigenvalue weighted by Gasteiger charge is -2.06. The SMILES string of the molecule is COc1ccc(-c2ccc(C=O)cc2Cl)cc1. The van der Waals surface area contributed by atoms with Gasteiger partial charge in [0.25, 0.3) is 0 Å². The fraction of sp³-hybridized carbons (Fsp3) is 0.0714. The van der Waals surface area contributed by atoms with Crippen molar-refractivity contribution >= 4 is 17.9 Å². The highest BCUT2D eigenvalue weighted by atomic mass is 35.5. The quantitative estimate of drug-likeness (QED) is 0.770. The van der Waals surface area contributed by atoms with Gasteiger partial charge >= 0.3 is 0 Å². The normalized spacial score (nSPS) is 10.0. The number of halogens is 1. The number of rotatable bonds is 3. The number of aldehydes is 1. The van der Waals surface area contributed by atoms with E-state index >= 15 is 0 Å². The first kappa shape index (κ1) is 11.7. The molecule has 2 aromatic carbocycles. The van der Waals surface area contributed by atoms with Crippen LogP contribution in [-0.2, 0) is 0 Å². The molecule has 86 valence electrons. The van der Waals surface area contributed by atoms with E-state index in [1.54, 1.807) is 19.2 Å². The number of hydrogen-bond acceptors (Lipinski definition) is 2. The molecule has 0 heterocycles. The van der Waals surface area contributed by atoms with E-state index in [9.17, 15) is 4.79 Å². The van der Waals surface area contributed by atoms with Crippen LogP contribution in [0.15, 0.2) is 42.5 Å². The second-order valence-electron chi connectivity index (χ2n) is 3.59. The van der Waals surface area contributed by atoms with E-state index in [0.29, 0.717) is 10.6 Å². The minimum absolute atomic E-state index is 0.569. The Kier molecular flexibility index (Phi) is 3.45. The summed E-state index contributed by atoms with van der Waals surface area (Å²) in [5.74, 6) is 0.800. The minimum atomic E-state index is 0.569. The average Bonchev–Trinajstić information content (AvgIpc) is 2.39. The minimum Gasteiger partial charge on any atom is -0.497 e. The zero-order chi connectivity index (χ0) is 12.3. The van der Waals surface area contributed by atoms with Gasteiger partial charge in [0.15, 0.2) is 0 Å². The van der Waals surface area contributed by atoms with Crippen LogP contribution in [0.4, 0.5) is 0 Å². The molecule has 0 unspecified atom stereocenters. The van der Waals surface area contributed by atoms with Crippen LogP contribution in [0.5, 0.6) is 5.75 Å². The second-order valence-corrected chi connectivity index (χ2v) is 3.99. The molecular weight excluding hydrogens is 236 g/mol. The van der Waals surface area contributed by atoms with Crippen LogP contribution in [0.1, 0.15) is 10.4 Å². The van der Waals surface area contributed by atoms with E-state index in [2.05, 4.69) is 0 Å². The van der Waals surface area contributed by atoms with E-state index in [1.165, 1.54) is 0 Å². The molecule has 0 spiro atoms. The summed E-state index contributed by atoms with van der Waals surface area (Å²) in [6.07, 6.45) is 0.781. The van der Waals surface area contributed by atoms with Crippen molar-refractivity contribution in [3.63, 3.8) is 0 Å². The van der Waals surface area contributed by atoms with Gasteiger partial charge in [-0.2, -0.15) is 0 Å². The van der Waals surface area contributed by atoms with E-state index in [4.69, 9.17) is 16.3 Å². The van der Waals surface area contributed by atoms with Gasteiger partial charge in [0.2, 0.25) is 0 Å². The molecule has 17 heavy (non-hydrogen) atoms. The smallest absolute Gasteiger partial charge is 0.150 e. The maximum absolute atomic E-state index is 10.6. The molecule has 0 radical (unpaired) electrons. The van der Waals surface area contributed by atoms with Gasteiger partial charge in [-0.25, -0.2) is 0 Å². The third-order valence-corrected chi connectivity index (χ3v) is 2.84. The standard InChI is InChI=1S/C14H11ClO2/c1-17-12-5-3-11(4-6-12)13-7-2-10(9-16)8-14(13)15/h2-9H,1H3. The number of carbonyl (C=O) groups excluding carboxylic acids is 1. The molecule has 0 aromatic heterocycles. The first-order valence-corrected chi connectivity index (χ1v) is 5.51. The number of ether oxygens (including phenoxy) is 1. The maximum Gasteiger partial charge on any atom is 0.150 e. The Morgan fingerprint density at radius 1 is 1.12 bits per heavy atom. The van der Waals surface area contributed by atoms with E-state index in [0.717, 1.165) is 23.2 Å². The monoisotopic (exact) mass is 246 g/mol. The third-order valence-electron chi connectivity index (χ3n) is 2.53. The summed E-state index contributed by atoms with van der Waals surface area (Å²) in [5.41, 5.74) is 2.47. The highest BCUT2D eigenvalue weighted by Gasteiger charge is 2.04. The van der Waals surface area contributed by atoms with Gasteiger partial charge in [0.05, 0.1) is 7.11 Å².